The summed E-state index contributed by atoms with van der Waals surface area (Å²) in [6.07, 6.45) is -0.00355. The lowest BCUT2D eigenvalue weighted by atomic mass is 9.99. The van der Waals surface area contributed by atoms with Gasteiger partial charge in [0.05, 0.1) is 29.8 Å². The largest absolute Gasteiger partial charge is 0.392 e. The number of ether oxygens (including phenoxy) is 2. The summed E-state index contributed by atoms with van der Waals surface area (Å²) in [7, 11) is -3.74. The summed E-state index contributed by atoms with van der Waals surface area (Å²) < 4.78 is 41.1. The number of rotatable bonds is 8. The summed E-state index contributed by atoms with van der Waals surface area (Å²) in [4.78, 5) is 2.39. The molecule has 5 rings (SSSR count). The summed E-state index contributed by atoms with van der Waals surface area (Å²) in [5.74, 6) is 0. The molecular formula is C28H32N2O6S. The van der Waals surface area contributed by atoms with Gasteiger partial charge in [0.1, 0.15) is 0 Å². The van der Waals surface area contributed by atoms with Gasteiger partial charge in [0.2, 0.25) is 0 Å². The zero-order valence-corrected chi connectivity index (χ0v) is 21.3. The number of nitrogens with zero attached hydrogens (tertiary/aromatic N) is 1. The number of benzene rings is 3. The molecule has 0 radical (unpaired) electrons. The molecule has 3 aromatic rings. The predicted molar refractivity (Wildman–Crippen MR) is 139 cm³/mol. The van der Waals surface area contributed by atoms with Crippen LogP contribution in [0.3, 0.4) is 0 Å². The Hall–Kier alpha value is -2.79. The van der Waals surface area contributed by atoms with Crippen molar-refractivity contribution >= 4 is 15.7 Å². The van der Waals surface area contributed by atoms with Crippen LogP contribution in [0, 0.1) is 0 Å². The Labute approximate surface area is 217 Å². The molecule has 0 bridgehead atoms. The van der Waals surface area contributed by atoms with Gasteiger partial charge in [-0.05, 0) is 41.8 Å². The smallest absolute Gasteiger partial charge is 0.261 e. The van der Waals surface area contributed by atoms with Crippen LogP contribution in [0.1, 0.15) is 41.9 Å². The molecule has 4 atom stereocenters. The third-order valence-corrected chi connectivity index (χ3v) is 8.19. The molecule has 0 saturated carbocycles. The maximum Gasteiger partial charge on any atom is 0.261 e. The van der Waals surface area contributed by atoms with Crippen molar-refractivity contribution in [1.29, 1.82) is 0 Å². The van der Waals surface area contributed by atoms with Crippen molar-refractivity contribution in [2.75, 3.05) is 24.4 Å². The lowest BCUT2D eigenvalue weighted by molar-refractivity contribution is -0.252. The van der Waals surface area contributed by atoms with Crippen LogP contribution < -0.4 is 4.72 Å². The molecule has 4 unspecified atom stereocenters. The number of hydrogen-bond donors (Lipinski definition) is 3. The topological polar surface area (TPSA) is 108 Å². The number of β-amino-alcohol motifs (C(OH)–C–C–N with tert-alkyl or cyclic N) is 1. The molecule has 2 heterocycles. The van der Waals surface area contributed by atoms with E-state index in [4.69, 9.17) is 9.47 Å². The van der Waals surface area contributed by atoms with Crippen molar-refractivity contribution in [2.24, 2.45) is 0 Å². The van der Waals surface area contributed by atoms with Crippen molar-refractivity contribution in [1.82, 2.24) is 4.90 Å². The van der Waals surface area contributed by atoms with Gasteiger partial charge in [-0.2, -0.15) is 0 Å². The molecule has 9 heteroatoms. The second kappa shape index (κ2) is 11.3. The van der Waals surface area contributed by atoms with E-state index in [0.29, 0.717) is 30.8 Å². The monoisotopic (exact) mass is 524 g/mol. The van der Waals surface area contributed by atoms with Gasteiger partial charge in [0, 0.05) is 37.3 Å². The molecule has 8 nitrogen and oxygen atoms in total. The first-order valence-corrected chi connectivity index (χ1v) is 14.0. The number of hydrogen-bond acceptors (Lipinski definition) is 7. The van der Waals surface area contributed by atoms with Gasteiger partial charge in [-0.25, -0.2) is 8.42 Å². The Balaban J connectivity index is 1.37. The van der Waals surface area contributed by atoms with Crippen LogP contribution in [0.2, 0.25) is 0 Å². The van der Waals surface area contributed by atoms with Crippen molar-refractivity contribution in [2.45, 2.75) is 48.9 Å². The Morgan fingerprint density at radius 3 is 2.43 bits per heavy atom. The highest BCUT2D eigenvalue weighted by atomic mass is 32.2. The summed E-state index contributed by atoms with van der Waals surface area (Å²) in [5, 5.41) is 19.4. The first kappa shape index (κ1) is 25.8. The Morgan fingerprint density at radius 2 is 1.73 bits per heavy atom. The van der Waals surface area contributed by atoms with Crippen LogP contribution in [0.5, 0.6) is 0 Å². The van der Waals surface area contributed by atoms with Crippen LogP contribution in [-0.2, 0) is 26.1 Å². The van der Waals surface area contributed by atoms with E-state index in [2.05, 4.69) is 9.62 Å². The number of aliphatic hydroxyl groups excluding tert-OH is 2. The molecule has 2 aliphatic rings. The highest BCUT2D eigenvalue weighted by molar-refractivity contribution is 7.92. The molecule has 3 aromatic carbocycles. The van der Waals surface area contributed by atoms with Gasteiger partial charge in [0.15, 0.2) is 6.29 Å². The fraction of sp³-hybridized carbons (Fsp3) is 0.357. The summed E-state index contributed by atoms with van der Waals surface area (Å²) in [6, 6.07) is 23.0. The lowest BCUT2D eigenvalue weighted by Crippen LogP contribution is -2.38. The number of likely N-dealkylation sites (tertiary alicyclic amines) is 1. The van der Waals surface area contributed by atoms with Crippen LogP contribution >= 0.6 is 0 Å². The number of aliphatic hydroxyl groups is 2. The Kier molecular flexibility index (Phi) is 7.89. The van der Waals surface area contributed by atoms with Crippen molar-refractivity contribution in [3.8, 4) is 0 Å². The highest BCUT2D eigenvalue weighted by Crippen LogP contribution is 2.39. The summed E-state index contributed by atoms with van der Waals surface area (Å²) in [5.41, 5.74) is 2.94. The summed E-state index contributed by atoms with van der Waals surface area (Å²) in [6.45, 7) is 2.09. The highest BCUT2D eigenvalue weighted by Gasteiger charge is 2.34. The quantitative estimate of drug-likeness (QED) is 0.413. The van der Waals surface area contributed by atoms with Gasteiger partial charge in [-0.1, -0.05) is 54.6 Å². The molecule has 0 aromatic heterocycles. The number of sulfonamides is 1. The third-order valence-electron chi connectivity index (χ3n) is 6.79. The van der Waals surface area contributed by atoms with Gasteiger partial charge in [0.25, 0.3) is 10.0 Å². The maximum atomic E-state index is 12.8. The van der Waals surface area contributed by atoms with Crippen LogP contribution in [0.15, 0.2) is 83.8 Å². The van der Waals surface area contributed by atoms with Crippen molar-refractivity contribution < 1.29 is 28.1 Å². The van der Waals surface area contributed by atoms with E-state index >= 15 is 0 Å². The predicted octanol–water partition coefficient (Wildman–Crippen LogP) is 3.59. The van der Waals surface area contributed by atoms with Gasteiger partial charge < -0.3 is 19.7 Å². The van der Waals surface area contributed by atoms with E-state index in [-0.39, 0.29) is 29.8 Å². The molecule has 2 fully saturated rings. The molecule has 37 heavy (non-hydrogen) atoms. The van der Waals surface area contributed by atoms with E-state index in [1.165, 1.54) is 0 Å². The fourth-order valence-corrected chi connectivity index (χ4v) is 5.93. The third kappa shape index (κ3) is 6.38. The van der Waals surface area contributed by atoms with Crippen LogP contribution in [-0.4, -0.2) is 55.4 Å². The van der Waals surface area contributed by atoms with Gasteiger partial charge in [-0.3, -0.25) is 9.62 Å². The molecular weight excluding hydrogens is 492 g/mol. The minimum atomic E-state index is -3.74. The SMILES string of the molecule is O=S(=O)(Nc1cccc(C2OC(CN3CCC(O)C3)CC(c3ccc(CO)cc3)O2)c1)c1ccccc1. The van der Waals surface area contributed by atoms with E-state index in [9.17, 15) is 18.6 Å². The van der Waals surface area contributed by atoms with E-state index in [1.807, 2.05) is 30.3 Å². The fourth-order valence-electron chi connectivity index (χ4n) is 4.86. The molecule has 0 aliphatic carbocycles. The average molecular weight is 525 g/mol. The zero-order chi connectivity index (χ0) is 25.8. The molecule has 2 saturated heterocycles. The molecule has 196 valence electrons. The van der Waals surface area contributed by atoms with Crippen molar-refractivity contribution in [3.05, 3.63) is 95.6 Å². The summed E-state index contributed by atoms with van der Waals surface area (Å²) >= 11 is 0. The Morgan fingerprint density at radius 1 is 0.946 bits per heavy atom. The van der Waals surface area contributed by atoms with E-state index in [1.54, 1.807) is 48.5 Å². The first-order chi connectivity index (χ1) is 17.9. The number of nitrogens with one attached hydrogen (secondary N) is 1. The minimum Gasteiger partial charge on any atom is -0.392 e. The van der Waals surface area contributed by atoms with Crippen LogP contribution in [0.4, 0.5) is 5.69 Å². The Bertz CT molecular complexity index is 1290. The molecule has 0 spiro atoms. The molecule has 2 aliphatic heterocycles. The van der Waals surface area contributed by atoms with Crippen molar-refractivity contribution in [3.63, 3.8) is 0 Å². The standard InChI is InChI=1S/C28H32N2O6S/c31-19-20-9-11-21(12-10-20)27-16-25(18-30-14-13-24(32)17-30)35-28(36-27)22-5-4-6-23(15-22)29-37(33,34)26-7-2-1-3-8-26/h1-12,15,24-25,27-29,31-32H,13-14,16-19H2. The zero-order valence-electron chi connectivity index (χ0n) is 20.4. The maximum absolute atomic E-state index is 12.8. The molecule has 0 amide bonds. The average Bonchev–Trinajstić information content (AvgIpc) is 3.33. The van der Waals surface area contributed by atoms with E-state index < -0.39 is 16.3 Å². The van der Waals surface area contributed by atoms with Gasteiger partial charge in [-0.15, -0.1) is 0 Å². The van der Waals surface area contributed by atoms with E-state index in [0.717, 1.165) is 24.1 Å². The lowest BCUT2D eigenvalue weighted by Gasteiger charge is -2.38. The molecule has 3 N–H and O–H groups in total. The second-order valence-electron chi connectivity index (χ2n) is 9.60. The minimum absolute atomic E-state index is 0.0247. The second-order valence-corrected chi connectivity index (χ2v) is 11.3. The first-order valence-electron chi connectivity index (χ1n) is 12.5. The number of anilines is 1. The normalized spacial score (nSPS) is 24.7. The van der Waals surface area contributed by atoms with Gasteiger partial charge >= 0.3 is 0 Å². The van der Waals surface area contributed by atoms with Crippen LogP contribution in [0.25, 0.3) is 0 Å².